The van der Waals surface area contributed by atoms with Crippen molar-refractivity contribution in [2.24, 2.45) is 0 Å². The molecule has 88 valence electrons. The number of hydrogen-bond acceptors (Lipinski definition) is 2. The second kappa shape index (κ2) is 4.91. The van der Waals surface area contributed by atoms with Crippen LogP contribution < -0.4 is 10.5 Å². The van der Waals surface area contributed by atoms with Crippen LogP contribution in [0.1, 0.15) is 5.56 Å². The Balaban J connectivity index is 2.34. The van der Waals surface area contributed by atoms with Crippen molar-refractivity contribution in [3.05, 3.63) is 51.3 Å². The summed E-state index contributed by atoms with van der Waals surface area (Å²) >= 11 is 2.17. The number of hydrogen-bond donors (Lipinski definition) is 1. The van der Waals surface area contributed by atoms with E-state index in [-0.39, 0.29) is 5.82 Å². The molecule has 0 fully saturated rings. The number of anilines is 1. The van der Waals surface area contributed by atoms with Gasteiger partial charge in [0.15, 0.2) is 0 Å². The van der Waals surface area contributed by atoms with Crippen LogP contribution in [0.15, 0.2) is 36.4 Å². The van der Waals surface area contributed by atoms with Crippen LogP contribution in [0.25, 0.3) is 0 Å². The van der Waals surface area contributed by atoms with Crippen molar-refractivity contribution >= 4 is 28.3 Å². The van der Waals surface area contributed by atoms with Gasteiger partial charge in [0.05, 0.1) is 5.69 Å². The summed E-state index contributed by atoms with van der Waals surface area (Å²) in [7, 11) is 0. The van der Waals surface area contributed by atoms with E-state index in [1.807, 2.05) is 19.1 Å². The van der Waals surface area contributed by atoms with Crippen LogP contribution in [0.3, 0.4) is 0 Å². The third-order valence-electron chi connectivity index (χ3n) is 2.34. The predicted octanol–water partition coefficient (Wildman–Crippen LogP) is 4.11. The molecule has 0 unspecified atom stereocenters. The third kappa shape index (κ3) is 2.88. The Morgan fingerprint density at radius 3 is 2.59 bits per heavy atom. The van der Waals surface area contributed by atoms with Gasteiger partial charge in [0.25, 0.3) is 0 Å². The molecule has 0 aliphatic carbocycles. The molecule has 0 aliphatic heterocycles. The molecule has 0 saturated carbocycles. The van der Waals surface area contributed by atoms with Gasteiger partial charge in [-0.2, -0.15) is 0 Å². The number of nitrogens with two attached hydrogens (primary N) is 1. The van der Waals surface area contributed by atoms with E-state index in [4.69, 9.17) is 10.5 Å². The van der Waals surface area contributed by atoms with Crippen molar-refractivity contribution in [3.8, 4) is 11.5 Å². The fourth-order valence-electron chi connectivity index (χ4n) is 1.41. The van der Waals surface area contributed by atoms with Gasteiger partial charge in [-0.1, -0.05) is 6.07 Å². The van der Waals surface area contributed by atoms with Gasteiger partial charge in [0.1, 0.15) is 17.3 Å². The lowest BCUT2D eigenvalue weighted by atomic mass is 10.2. The number of rotatable bonds is 2. The Kier molecular flexibility index (Phi) is 3.51. The van der Waals surface area contributed by atoms with Crippen molar-refractivity contribution in [2.45, 2.75) is 6.92 Å². The Hall–Kier alpha value is -1.30. The van der Waals surface area contributed by atoms with Gasteiger partial charge in [0.2, 0.25) is 0 Å². The average Bonchev–Trinajstić information content (AvgIpc) is 2.27. The fourth-order valence-corrected chi connectivity index (χ4v) is 1.93. The van der Waals surface area contributed by atoms with Gasteiger partial charge >= 0.3 is 0 Å². The number of ether oxygens (including phenoxy) is 1. The molecule has 0 atom stereocenters. The zero-order chi connectivity index (χ0) is 12.4. The number of halogens is 2. The van der Waals surface area contributed by atoms with E-state index in [1.165, 1.54) is 12.1 Å². The van der Waals surface area contributed by atoms with E-state index in [2.05, 4.69) is 22.6 Å². The highest BCUT2D eigenvalue weighted by molar-refractivity contribution is 14.1. The van der Waals surface area contributed by atoms with Crippen molar-refractivity contribution in [1.82, 2.24) is 0 Å². The maximum atomic E-state index is 13.1. The second-order valence-corrected chi connectivity index (χ2v) is 4.94. The highest BCUT2D eigenvalue weighted by atomic mass is 127. The van der Waals surface area contributed by atoms with E-state index in [0.29, 0.717) is 17.2 Å². The first-order valence-corrected chi connectivity index (χ1v) is 6.13. The Morgan fingerprint density at radius 1 is 1.12 bits per heavy atom. The van der Waals surface area contributed by atoms with Crippen LogP contribution in [0.5, 0.6) is 11.5 Å². The second-order valence-electron chi connectivity index (χ2n) is 3.69. The molecule has 4 heteroatoms. The summed E-state index contributed by atoms with van der Waals surface area (Å²) in [6, 6.07) is 9.91. The third-order valence-corrected chi connectivity index (χ3v) is 3.01. The van der Waals surface area contributed by atoms with Crippen LogP contribution in [0.4, 0.5) is 10.1 Å². The minimum atomic E-state index is -0.324. The number of nitrogen functional groups attached to an aromatic ring is 1. The van der Waals surface area contributed by atoms with Crippen molar-refractivity contribution in [1.29, 1.82) is 0 Å². The van der Waals surface area contributed by atoms with E-state index in [0.717, 1.165) is 9.13 Å². The van der Waals surface area contributed by atoms with Gasteiger partial charge in [0, 0.05) is 9.64 Å². The maximum absolute atomic E-state index is 13.1. The molecule has 0 bridgehead atoms. The minimum Gasteiger partial charge on any atom is -0.455 e. The van der Waals surface area contributed by atoms with Crippen LogP contribution >= 0.6 is 22.6 Å². The van der Waals surface area contributed by atoms with E-state index >= 15 is 0 Å². The number of aryl methyl sites for hydroxylation is 1. The molecule has 0 spiro atoms. The first-order valence-electron chi connectivity index (χ1n) is 5.05. The van der Waals surface area contributed by atoms with Gasteiger partial charge in [-0.3, -0.25) is 0 Å². The molecular formula is C13H11FINO. The van der Waals surface area contributed by atoms with Gasteiger partial charge in [-0.05, 0) is 59.3 Å². The average molecular weight is 343 g/mol. The van der Waals surface area contributed by atoms with Crippen molar-refractivity contribution < 1.29 is 9.13 Å². The Labute approximate surface area is 113 Å². The van der Waals surface area contributed by atoms with E-state index in [1.54, 1.807) is 12.1 Å². The predicted molar refractivity (Wildman–Crippen MR) is 74.8 cm³/mol. The Morgan fingerprint density at radius 2 is 1.88 bits per heavy atom. The van der Waals surface area contributed by atoms with E-state index in [9.17, 15) is 4.39 Å². The highest BCUT2D eigenvalue weighted by Gasteiger charge is 2.06. The summed E-state index contributed by atoms with van der Waals surface area (Å²) in [5.41, 5.74) is 7.24. The molecule has 17 heavy (non-hydrogen) atoms. The summed E-state index contributed by atoms with van der Waals surface area (Å²) in [6.07, 6.45) is 0. The molecule has 0 aromatic heterocycles. The molecule has 0 aliphatic rings. The van der Waals surface area contributed by atoms with Crippen LogP contribution in [-0.2, 0) is 0 Å². The van der Waals surface area contributed by atoms with Crippen molar-refractivity contribution in [3.63, 3.8) is 0 Å². The van der Waals surface area contributed by atoms with Gasteiger partial charge in [-0.15, -0.1) is 0 Å². The molecule has 2 nitrogen and oxygen atoms in total. The highest BCUT2D eigenvalue weighted by Crippen LogP contribution is 2.30. The first kappa shape index (κ1) is 12.2. The topological polar surface area (TPSA) is 35.2 Å². The van der Waals surface area contributed by atoms with Crippen LogP contribution in [0, 0.1) is 16.3 Å². The molecular weight excluding hydrogens is 332 g/mol. The molecule has 0 amide bonds. The maximum Gasteiger partial charge on any atom is 0.150 e. The van der Waals surface area contributed by atoms with Gasteiger partial charge in [-0.25, -0.2) is 4.39 Å². The molecule has 2 aromatic carbocycles. The normalized spacial score (nSPS) is 10.3. The summed E-state index contributed by atoms with van der Waals surface area (Å²) in [5, 5.41) is 0. The zero-order valence-corrected chi connectivity index (χ0v) is 11.4. The van der Waals surface area contributed by atoms with E-state index < -0.39 is 0 Å². The Bertz CT molecular complexity index is 557. The molecule has 2 rings (SSSR count). The monoisotopic (exact) mass is 343 g/mol. The fraction of sp³-hybridized carbons (Fsp3) is 0.0769. The largest absolute Gasteiger partial charge is 0.455 e. The summed E-state index contributed by atoms with van der Waals surface area (Å²) in [4.78, 5) is 0. The molecule has 2 N–H and O–H groups in total. The molecule has 2 aromatic rings. The first-order chi connectivity index (χ1) is 8.06. The molecule has 0 saturated heterocycles. The van der Waals surface area contributed by atoms with Crippen LogP contribution in [0.2, 0.25) is 0 Å². The summed E-state index contributed by atoms with van der Waals surface area (Å²) in [6.45, 7) is 1.86. The molecule has 0 heterocycles. The standard InChI is InChI=1S/C13H11FINO/c1-8-2-3-9(14)6-13(8)17-12-5-4-10(15)7-11(12)16/h2-7H,16H2,1H3. The van der Waals surface area contributed by atoms with Crippen molar-refractivity contribution in [2.75, 3.05) is 5.73 Å². The minimum absolute atomic E-state index is 0.324. The zero-order valence-electron chi connectivity index (χ0n) is 9.21. The molecule has 0 radical (unpaired) electrons. The SMILES string of the molecule is Cc1ccc(F)cc1Oc1ccc(I)cc1N. The smallest absolute Gasteiger partial charge is 0.150 e. The lowest BCUT2D eigenvalue weighted by molar-refractivity contribution is 0.475. The lowest BCUT2D eigenvalue weighted by Gasteiger charge is -2.11. The lowest BCUT2D eigenvalue weighted by Crippen LogP contribution is -1.94. The quantitative estimate of drug-likeness (QED) is 0.658. The number of benzene rings is 2. The summed E-state index contributed by atoms with van der Waals surface area (Å²) < 4.78 is 19.7. The van der Waals surface area contributed by atoms with Gasteiger partial charge < -0.3 is 10.5 Å². The summed E-state index contributed by atoms with van der Waals surface area (Å²) in [5.74, 6) is 0.701. The van der Waals surface area contributed by atoms with Crippen LogP contribution in [-0.4, -0.2) is 0 Å².